The molecule has 290 valence electrons. The van der Waals surface area contributed by atoms with Crippen LogP contribution in [-0.2, 0) is 27.9 Å². The predicted octanol–water partition coefficient (Wildman–Crippen LogP) is 9.28. The van der Waals surface area contributed by atoms with Gasteiger partial charge in [0.15, 0.2) is 0 Å². The molecule has 13 nitrogen and oxygen atoms in total. The summed E-state index contributed by atoms with van der Waals surface area (Å²) < 4.78 is 35.7. The molecule has 0 aromatic rings. The lowest BCUT2D eigenvalue weighted by Crippen LogP contribution is -2.57. The van der Waals surface area contributed by atoms with Crippen LogP contribution in [0.25, 0.3) is 10.4 Å². The highest BCUT2D eigenvalue weighted by atomic mass is 32.2. The van der Waals surface area contributed by atoms with E-state index in [1.54, 1.807) is 18.7 Å². The third-order valence-electron chi connectivity index (χ3n) is 9.28. The molecule has 50 heavy (non-hydrogen) atoms. The van der Waals surface area contributed by atoms with E-state index in [0.717, 1.165) is 25.0 Å². The first-order valence-electron chi connectivity index (χ1n) is 19.3. The van der Waals surface area contributed by atoms with Gasteiger partial charge in [0.05, 0.1) is 37.4 Å². The highest BCUT2D eigenvalue weighted by Gasteiger charge is 2.43. The third-order valence-corrected chi connectivity index (χ3v) is 11.4. The van der Waals surface area contributed by atoms with Gasteiger partial charge < -0.3 is 14.4 Å². The van der Waals surface area contributed by atoms with Crippen LogP contribution >= 0.6 is 19.6 Å². The second-order valence-corrected chi connectivity index (χ2v) is 16.4. The van der Waals surface area contributed by atoms with E-state index in [0.29, 0.717) is 12.4 Å². The number of carbonyl (C=O) groups excluding carboxylic acids is 2. The number of azide groups is 1. The summed E-state index contributed by atoms with van der Waals surface area (Å²) in [5, 5.41) is 6.04. The van der Waals surface area contributed by atoms with E-state index in [2.05, 4.69) is 29.2 Å². The Morgan fingerprint density at radius 2 is 1.54 bits per heavy atom. The van der Waals surface area contributed by atoms with Crippen LogP contribution in [0.3, 0.4) is 0 Å². The largest absolute Gasteiger partial charge is 0.472 e. The van der Waals surface area contributed by atoms with Crippen molar-refractivity contribution in [1.82, 2.24) is 10.2 Å². The van der Waals surface area contributed by atoms with Gasteiger partial charge in [-0.1, -0.05) is 129 Å². The number of urea groups is 1. The van der Waals surface area contributed by atoms with Crippen LogP contribution in [0.4, 0.5) is 4.79 Å². The highest BCUT2D eigenvalue weighted by Crippen LogP contribution is 2.44. The quantitative estimate of drug-likeness (QED) is 0.0230. The Kier molecular flexibility index (Phi) is 24.4. The molecule has 2 rings (SSSR count). The summed E-state index contributed by atoms with van der Waals surface area (Å²) in [4.78, 5) is 39.0. The molecule has 3 amide bonds. The van der Waals surface area contributed by atoms with Gasteiger partial charge >= 0.3 is 13.9 Å². The van der Waals surface area contributed by atoms with E-state index in [-0.39, 0.29) is 38.2 Å². The van der Waals surface area contributed by atoms with Crippen LogP contribution in [0.2, 0.25) is 0 Å². The van der Waals surface area contributed by atoms with Crippen molar-refractivity contribution < 1.29 is 37.6 Å². The zero-order valence-electron chi connectivity index (χ0n) is 31.0. The molecule has 2 heterocycles. The number of unbranched alkanes of at least 4 members (excludes halogenated alkanes) is 16. The van der Waals surface area contributed by atoms with Crippen molar-refractivity contribution in [2.24, 2.45) is 11.0 Å². The first-order valence-corrected chi connectivity index (χ1v) is 22.0. The smallest absolute Gasteiger partial charge is 0.375 e. The summed E-state index contributed by atoms with van der Waals surface area (Å²) in [6.07, 6.45) is 20.6. The summed E-state index contributed by atoms with van der Waals surface area (Å²) >= 11 is 1.78. The Hall–Kier alpha value is -1.37. The van der Waals surface area contributed by atoms with Crippen molar-refractivity contribution >= 4 is 31.5 Å². The Balaban J connectivity index is 1.78. The zero-order valence-corrected chi connectivity index (χ0v) is 32.7. The summed E-state index contributed by atoms with van der Waals surface area (Å²) in [5.41, 5.74) is 9.07. The van der Waals surface area contributed by atoms with E-state index in [1.807, 2.05) is 0 Å². The molecule has 0 aromatic heterocycles. The van der Waals surface area contributed by atoms with Crippen molar-refractivity contribution in [3.63, 3.8) is 0 Å². The molecule has 6 unspecified atom stereocenters. The summed E-state index contributed by atoms with van der Waals surface area (Å²) in [6, 6.07) is -1.34. The summed E-state index contributed by atoms with van der Waals surface area (Å²) in [5.74, 6) is 0.852. The average Bonchev–Trinajstić information content (AvgIpc) is 3.49. The van der Waals surface area contributed by atoms with Crippen LogP contribution in [-0.4, -0.2) is 84.1 Å². The number of phosphoric acid groups is 1. The van der Waals surface area contributed by atoms with E-state index in [1.165, 1.54) is 101 Å². The Labute approximate surface area is 305 Å². The molecule has 0 bridgehead atoms. The van der Waals surface area contributed by atoms with Gasteiger partial charge in [0.1, 0.15) is 6.23 Å². The Morgan fingerprint density at radius 3 is 2.14 bits per heavy atom. The average molecular weight is 748 g/mol. The highest BCUT2D eigenvalue weighted by molar-refractivity contribution is 7.99. The molecule has 2 aliphatic heterocycles. The first-order chi connectivity index (χ1) is 24.2. The second-order valence-electron chi connectivity index (χ2n) is 13.8. The van der Waals surface area contributed by atoms with Crippen molar-refractivity contribution in [3.8, 4) is 0 Å². The fraction of sp³-hybridized carbons (Fsp3) is 0.943. The fourth-order valence-electron chi connectivity index (χ4n) is 6.17. The second kappa shape index (κ2) is 27.3. The number of hydrogen-bond acceptors (Lipinski definition) is 9. The van der Waals surface area contributed by atoms with Crippen molar-refractivity contribution in [2.45, 2.75) is 167 Å². The first kappa shape index (κ1) is 44.8. The molecule has 2 fully saturated rings. The monoisotopic (exact) mass is 747 g/mol. The van der Waals surface area contributed by atoms with E-state index < -0.39 is 38.1 Å². The number of ether oxygens (including phenoxy) is 2. The summed E-state index contributed by atoms with van der Waals surface area (Å²) in [7, 11) is -4.50. The minimum atomic E-state index is -4.50. The number of nitrogens with one attached hydrogen (secondary N) is 1. The number of carbonyl (C=O) groups is 2. The molecular formula is C35H66N5O8PS. The normalized spacial score (nSPS) is 22.7. The number of hydrogen-bond donors (Lipinski definition) is 2. The van der Waals surface area contributed by atoms with Gasteiger partial charge in [0.2, 0.25) is 5.91 Å². The van der Waals surface area contributed by atoms with Crippen LogP contribution < -0.4 is 5.32 Å². The van der Waals surface area contributed by atoms with Crippen LogP contribution in [0.1, 0.15) is 143 Å². The molecule has 2 N–H and O–H groups in total. The van der Waals surface area contributed by atoms with Crippen LogP contribution in [0.5, 0.6) is 0 Å². The van der Waals surface area contributed by atoms with Gasteiger partial charge in [-0.15, -0.1) is 0 Å². The number of imide groups is 1. The lowest BCUT2D eigenvalue weighted by atomic mass is 10.1. The molecule has 2 aliphatic rings. The standard InChI is InChI=1S/C35H66N5O8PS/c1-4-6-8-10-12-14-15-17-19-21-23-50-28-30(45-22-20-18-16-13-11-9-7-5-2)26-46-49(43,44)47-27-32-31(38-39-36)24-33(48-32)40-25-29(3)34(41)37-35(40)42/h29-33H,4-28H2,1-3H3,(H,43,44)(H,37,41,42). The van der Waals surface area contributed by atoms with E-state index in [4.69, 9.17) is 24.1 Å². The van der Waals surface area contributed by atoms with Gasteiger partial charge in [-0.25, -0.2) is 9.36 Å². The lowest BCUT2D eigenvalue weighted by Gasteiger charge is -2.34. The predicted molar refractivity (Wildman–Crippen MR) is 199 cm³/mol. The molecule has 15 heteroatoms. The Bertz CT molecular complexity index is 1040. The third kappa shape index (κ3) is 19.5. The summed E-state index contributed by atoms with van der Waals surface area (Å²) in [6.45, 7) is 6.40. The van der Waals surface area contributed by atoms with Gasteiger partial charge in [-0.3, -0.25) is 24.1 Å². The minimum absolute atomic E-state index is 0.0936. The van der Waals surface area contributed by atoms with Gasteiger partial charge in [-0.2, -0.15) is 11.8 Å². The molecule has 0 aliphatic carbocycles. The molecular weight excluding hydrogens is 681 g/mol. The number of thioether (sulfide) groups is 1. The van der Waals surface area contributed by atoms with Crippen molar-refractivity contribution in [3.05, 3.63) is 10.4 Å². The van der Waals surface area contributed by atoms with Crippen molar-refractivity contribution in [2.75, 3.05) is 37.9 Å². The maximum atomic E-state index is 12.9. The molecule has 0 saturated carbocycles. The Morgan fingerprint density at radius 1 is 0.960 bits per heavy atom. The van der Waals surface area contributed by atoms with Crippen LogP contribution in [0.15, 0.2) is 5.11 Å². The number of rotatable bonds is 31. The zero-order chi connectivity index (χ0) is 36.5. The number of amides is 3. The molecule has 0 aromatic carbocycles. The number of nitrogens with zero attached hydrogens (tertiary/aromatic N) is 4. The number of phosphoric ester groups is 1. The topological polar surface area (TPSA) is 172 Å². The van der Waals surface area contributed by atoms with Gasteiger partial charge in [0, 0.05) is 30.2 Å². The molecule has 0 spiro atoms. The molecule has 0 radical (unpaired) electrons. The molecule has 6 atom stereocenters. The molecule has 2 saturated heterocycles. The maximum Gasteiger partial charge on any atom is 0.472 e. The van der Waals surface area contributed by atoms with Crippen molar-refractivity contribution in [1.29, 1.82) is 0 Å². The van der Waals surface area contributed by atoms with Gasteiger partial charge in [0.25, 0.3) is 0 Å². The SMILES string of the molecule is CCCCCCCCCCCCSCC(COP(=O)(O)OCC1OC(N2CC(C)C(=O)NC2=O)CC1N=[N+]=[N-])OCCCCCCCCCC. The minimum Gasteiger partial charge on any atom is -0.375 e. The van der Waals surface area contributed by atoms with Gasteiger partial charge in [-0.05, 0) is 24.1 Å². The lowest BCUT2D eigenvalue weighted by molar-refractivity contribution is -0.128. The fourth-order valence-corrected chi connectivity index (χ4v) is 7.97. The van der Waals surface area contributed by atoms with E-state index >= 15 is 0 Å². The van der Waals surface area contributed by atoms with Crippen LogP contribution in [0, 0.1) is 5.92 Å². The van der Waals surface area contributed by atoms with E-state index in [9.17, 15) is 19.0 Å². The maximum absolute atomic E-state index is 12.9.